The summed E-state index contributed by atoms with van der Waals surface area (Å²) in [6, 6.07) is 3.84. The van der Waals surface area contributed by atoms with Gasteiger partial charge in [0.15, 0.2) is 0 Å². The topological polar surface area (TPSA) is 72.2 Å². The number of morpholine rings is 1. The molecule has 34 heavy (non-hydrogen) atoms. The quantitative estimate of drug-likeness (QED) is 0.450. The molecule has 1 atom stereocenters. The van der Waals surface area contributed by atoms with Crippen molar-refractivity contribution in [3.05, 3.63) is 52.0 Å². The fraction of sp³-hybridized carbons (Fsp3) is 0.545. The van der Waals surface area contributed by atoms with Gasteiger partial charge in [-0.2, -0.15) is 13.2 Å². The first-order chi connectivity index (χ1) is 16.3. The summed E-state index contributed by atoms with van der Waals surface area (Å²) in [5.41, 5.74) is 1.96. The van der Waals surface area contributed by atoms with Crippen LogP contribution in [0.1, 0.15) is 34.6 Å². The summed E-state index contributed by atoms with van der Waals surface area (Å²) in [5.74, 6) is 1.47. The monoisotopic (exact) mass is 495 g/mol. The van der Waals surface area contributed by atoms with E-state index in [0.717, 1.165) is 22.1 Å². The minimum absolute atomic E-state index is 0.155. The van der Waals surface area contributed by atoms with Crippen molar-refractivity contribution in [2.75, 3.05) is 44.7 Å². The number of halogens is 3. The molecule has 1 saturated heterocycles. The van der Waals surface area contributed by atoms with Crippen LogP contribution in [0.25, 0.3) is 0 Å². The molecule has 0 saturated carbocycles. The van der Waals surface area contributed by atoms with Crippen LogP contribution in [0.5, 0.6) is 0 Å². The van der Waals surface area contributed by atoms with Crippen LogP contribution in [0.3, 0.4) is 0 Å². The first kappa shape index (κ1) is 24.6. The number of hydrogen-bond donors (Lipinski definition) is 0. The van der Waals surface area contributed by atoms with E-state index < -0.39 is 12.7 Å². The van der Waals surface area contributed by atoms with Crippen LogP contribution in [-0.2, 0) is 17.7 Å². The van der Waals surface area contributed by atoms with E-state index in [1.165, 1.54) is 11.9 Å². The molecule has 184 valence electrons. The van der Waals surface area contributed by atoms with Gasteiger partial charge in [-0.15, -0.1) is 21.5 Å². The van der Waals surface area contributed by atoms with Crippen LogP contribution in [0.2, 0.25) is 0 Å². The van der Waals surface area contributed by atoms with E-state index in [-0.39, 0.29) is 6.10 Å². The molecule has 0 amide bonds. The number of rotatable bonds is 9. The third-order valence-corrected chi connectivity index (χ3v) is 6.58. The van der Waals surface area contributed by atoms with Gasteiger partial charge in [0.1, 0.15) is 16.9 Å². The number of pyridine rings is 1. The van der Waals surface area contributed by atoms with Gasteiger partial charge in [0.25, 0.3) is 0 Å². The lowest BCUT2D eigenvalue weighted by Gasteiger charge is -2.32. The number of aromatic nitrogens is 5. The molecule has 4 heterocycles. The number of aryl methyl sites for hydroxylation is 1. The van der Waals surface area contributed by atoms with E-state index in [4.69, 9.17) is 4.74 Å². The normalized spacial score (nSPS) is 17.0. The molecule has 3 aromatic rings. The summed E-state index contributed by atoms with van der Waals surface area (Å²) in [5, 5.41) is 11.9. The molecule has 8 nitrogen and oxygen atoms in total. The Morgan fingerprint density at radius 1 is 1.29 bits per heavy atom. The predicted octanol–water partition coefficient (Wildman–Crippen LogP) is 3.49. The maximum Gasteiger partial charge on any atom is 0.401 e. The lowest BCUT2D eigenvalue weighted by atomic mass is 10.2. The van der Waals surface area contributed by atoms with Gasteiger partial charge in [-0.05, 0) is 38.6 Å². The molecule has 0 aromatic carbocycles. The van der Waals surface area contributed by atoms with Crippen molar-refractivity contribution < 1.29 is 17.9 Å². The fourth-order valence-corrected chi connectivity index (χ4v) is 4.82. The van der Waals surface area contributed by atoms with Crippen molar-refractivity contribution in [3.8, 4) is 0 Å². The molecule has 0 N–H and O–H groups in total. The molecule has 1 unspecified atom stereocenters. The Bertz CT molecular complexity index is 1060. The molecule has 1 aliphatic heterocycles. The lowest BCUT2D eigenvalue weighted by Crippen LogP contribution is -2.40. The third-order valence-electron chi connectivity index (χ3n) is 5.53. The molecule has 0 radical (unpaired) electrons. The molecule has 0 aliphatic carbocycles. The standard InChI is InChI=1S/C22H28F3N7OS/c1-16-14-34-20(27-16)18-13-31(9-10-33-18)21-29-28-19(11-17-5-3-6-26-12-17)32(21)8-4-7-30(2)15-22(23,24)25/h3,5-6,12,14,18H,4,7-11,13,15H2,1-2H3. The SMILES string of the molecule is Cc1csc(C2CN(c3nnc(Cc4cccnc4)n3CCCN(C)CC(F)(F)F)CCO2)n1. The smallest absolute Gasteiger partial charge is 0.367 e. The average Bonchev–Trinajstić information content (AvgIpc) is 3.40. The molecule has 4 rings (SSSR count). The van der Waals surface area contributed by atoms with Gasteiger partial charge in [0, 0.05) is 43.0 Å². The Morgan fingerprint density at radius 2 is 2.15 bits per heavy atom. The molecular weight excluding hydrogens is 467 g/mol. The number of anilines is 1. The van der Waals surface area contributed by atoms with E-state index in [0.29, 0.717) is 51.6 Å². The highest BCUT2D eigenvalue weighted by atomic mass is 32.1. The molecule has 0 spiro atoms. The first-order valence-electron chi connectivity index (χ1n) is 11.1. The van der Waals surface area contributed by atoms with Crippen molar-refractivity contribution in [3.63, 3.8) is 0 Å². The highest BCUT2D eigenvalue weighted by Crippen LogP contribution is 2.28. The highest BCUT2D eigenvalue weighted by Gasteiger charge is 2.30. The number of alkyl halides is 3. The second-order valence-electron chi connectivity index (χ2n) is 8.45. The zero-order valence-electron chi connectivity index (χ0n) is 19.2. The van der Waals surface area contributed by atoms with Gasteiger partial charge in [-0.25, -0.2) is 4.98 Å². The van der Waals surface area contributed by atoms with Gasteiger partial charge < -0.3 is 9.64 Å². The minimum atomic E-state index is -4.21. The maximum atomic E-state index is 12.7. The number of ether oxygens (including phenoxy) is 1. The third kappa shape index (κ3) is 6.51. The lowest BCUT2D eigenvalue weighted by molar-refractivity contribution is -0.143. The predicted molar refractivity (Wildman–Crippen MR) is 123 cm³/mol. The van der Waals surface area contributed by atoms with Crippen molar-refractivity contribution >= 4 is 17.3 Å². The summed E-state index contributed by atoms with van der Waals surface area (Å²) in [6.07, 6.45) is 0.210. The Balaban J connectivity index is 1.51. The van der Waals surface area contributed by atoms with Gasteiger partial charge in [-0.1, -0.05) is 6.07 Å². The highest BCUT2D eigenvalue weighted by molar-refractivity contribution is 7.09. The zero-order valence-corrected chi connectivity index (χ0v) is 20.0. The molecule has 0 bridgehead atoms. The van der Waals surface area contributed by atoms with Crippen LogP contribution in [0, 0.1) is 6.92 Å². The van der Waals surface area contributed by atoms with Crippen LogP contribution in [0.15, 0.2) is 29.9 Å². The zero-order chi connectivity index (χ0) is 24.1. The molecule has 12 heteroatoms. The van der Waals surface area contributed by atoms with Crippen molar-refractivity contribution in [2.45, 2.75) is 38.6 Å². The maximum absolute atomic E-state index is 12.7. The molecule has 1 fully saturated rings. The number of nitrogens with zero attached hydrogens (tertiary/aromatic N) is 7. The van der Waals surface area contributed by atoms with E-state index in [1.54, 1.807) is 23.7 Å². The van der Waals surface area contributed by atoms with E-state index >= 15 is 0 Å². The van der Waals surface area contributed by atoms with Crippen LogP contribution < -0.4 is 4.90 Å². The van der Waals surface area contributed by atoms with Gasteiger partial charge in [0.2, 0.25) is 5.95 Å². The van der Waals surface area contributed by atoms with Gasteiger partial charge >= 0.3 is 6.18 Å². The second-order valence-corrected chi connectivity index (χ2v) is 9.33. The largest absolute Gasteiger partial charge is 0.401 e. The van der Waals surface area contributed by atoms with Crippen molar-refractivity contribution in [1.82, 2.24) is 29.6 Å². The summed E-state index contributed by atoms with van der Waals surface area (Å²) < 4.78 is 46.1. The molecular formula is C22H28F3N7OS. The summed E-state index contributed by atoms with van der Waals surface area (Å²) in [7, 11) is 1.49. The number of thiazole rings is 1. The van der Waals surface area contributed by atoms with Crippen molar-refractivity contribution in [2.24, 2.45) is 0 Å². The Morgan fingerprint density at radius 3 is 2.85 bits per heavy atom. The second kappa shape index (κ2) is 10.8. The van der Waals surface area contributed by atoms with Crippen molar-refractivity contribution in [1.29, 1.82) is 0 Å². The Labute approximate surface area is 200 Å². The van der Waals surface area contributed by atoms with E-state index in [9.17, 15) is 13.2 Å². The average molecular weight is 496 g/mol. The minimum Gasteiger partial charge on any atom is -0.367 e. The van der Waals surface area contributed by atoms with E-state index in [1.807, 2.05) is 29.0 Å². The summed E-state index contributed by atoms with van der Waals surface area (Å²) >= 11 is 1.58. The summed E-state index contributed by atoms with van der Waals surface area (Å²) in [4.78, 5) is 12.2. The van der Waals surface area contributed by atoms with Crippen LogP contribution >= 0.6 is 11.3 Å². The first-order valence-corrected chi connectivity index (χ1v) is 12.0. The fourth-order valence-electron chi connectivity index (χ4n) is 3.99. The Kier molecular flexibility index (Phi) is 7.79. The van der Waals surface area contributed by atoms with Crippen LogP contribution in [0.4, 0.5) is 19.1 Å². The van der Waals surface area contributed by atoms with Gasteiger partial charge in [-0.3, -0.25) is 14.5 Å². The van der Waals surface area contributed by atoms with Crippen LogP contribution in [-0.4, -0.2) is 75.6 Å². The van der Waals surface area contributed by atoms with Gasteiger partial charge in [0.05, 0.1) is 19.7 Å². The Hall–Kier alpha value is -2.57. The number of hydrogen-bond acceptors (Lipinski definition) is 8. The van der Waals surface area contributed by atoms with E-state index in [2.05, 4.69) is 25.1 Å². The molecule has 1 aliphatic rings. The molecule has 3 aromatic heterocycles. The summed E-state index contributed by atoms with van der Waals surface area (Å²) in [6.45, 7) is 3.63.